The lowest BCUT2D eigenvalue weighted by atomic mass is 10.1. The highest BCUT2D eigenvalue weighted by Gasteiger charge is 2.22. The van der Waals surface area contributed by atoms with E-state index in [-0.39, 0.29) is 30.8 Å². The van der Waals surface area contributed by atoms with E-state index in [2.05, 4.69) is 0 Å². The van der Waals surface area contributed by atoms with Gasteiger partial charge in [-0.1, -0.05) is 6.07 Å². The van der Waals surface area contributed by atoms with Gasteiger partial charge in [0.2, 0.25) is 0 Å². The summed E-state index contributed by atoms with van der Waals surface area (Å²) in [5.74, 6) is -2.95. The molecule has 2 rings (SSSR count). The van der Waals surface area contributed by atoms with E-state index in [0.29, 0.717) is 11.3 Å². The highest BCUT2D eigenvalue weighted by Crippen LogP contribution is 2.26. The first kappa shape index (κ1) is 20.2. The monoisotopic (exact) mass is 379 g/mol. The maximum atomic E-state index is 13.5. The van der Waals surface area contributed by atoms with Crippen LogP contribution in [0.1, 0.15) is 22.3 Å². The third kappa shape index (κ3) is 5.16. The summed E-state index contributed by atoms with van der Waals surface area (Å²) in [6.07, 6.45) is -0.304. The number of carboxylic acids is 1. The van der Waals surface area contributed by atoms with Crippen LogP contribution in [-0.2, 0) is 11.3 Å². The van der Waals surface area contributed by atoms with Crippen molar-refractivity contribution in [3.63, 3.8) is 0 Å². The molecule has 2 aromatic rings. The van der Waals surface area contributed by atoms with Crippen LogP contribution in [0.5, 0.6) is 11.5 Å². The van der Waals surface area contributed by atoms with Crippen molar-refractivity contribution in [3.8, 4) is 11.5 Å². The molecule has 0 aliphatic heterocycles. The second-order valence-corrected chi connectivity index (χ2v) is 5.69. The van der Waals surface area contributed by atoms with E-state index in [1.807, 2.05) is 0 Å². The van der Waals surface area contributed by atoms with Gasteiger partial charge >= 0.3 is 5.97 Å². The molecule has 0 aliphatic rings. The van der Waals surface area contributed by atoms with Crippen LogP contribution < -0.4 is 9.47 Å². The molecule has 0 atom stereocenters. The van der Waals surface area contributed by atoms with Crippen LogP contribution in [0, 0.1) is 11.6 Å². The molecule has 0 aliphatic carbocycles. The van der Waals surface area contributed by atoms with Crippen molar-refractivity contribution in [2.45, 2.75) is 13.0 Å². The van der Waals surface area contributed by atoms with Gasteiger partial charge in [-0.15, -0.1) is 0 Å². The van der Waals surface area contributed by atoms with Crippen molar-refractivity contribution in [1.82, 2.24) is 4.90 Å². The average Bonchev–Trinajstić information content (AvgIpc) is 2.66. The number of amides is 1. The largest absolute Gasteiger partial charge is 0.497 e. The summed E-state index contributed by atoms with van der Waals surface area (Å²) in [4.78, 5) is 25.2. The predicted octanol–water partition coefficient (Wildman–Crippen LogP) is 3.10. The Bertz CT molecular complexity index is 841. The summed E-state index contributed by atoms with van der Waals surface area (Å²) >= 11 is 0. The molecule has 0 radical (unpaired) electrons. The fraction of sp³-hybridized carbons (Fsp3) is 0.263. The molecule has 2 aromatic carbocycles. The lowest BCUT2D eigenvalue weighted by Crippen LogP contribution is -2.33. The van der Waals surface area contributed by atoms with E-state index in [4.69, 9.17) is 14.6 Å². The SMILES string of the molecule is COc1ccc(OC)c(C(=O)N(CCC(=O)O)Cc2ccc(F)c(F)c2)c1. The predicted molar refractivity (Wildman–Crippen MR) is 92.9 cm³/mol. The van der Waals surface area contributed by atoms with Crippen molar-refractivity contribution in [1.29, 1.82) is 0 Å². The molecule has 0 aromatic heterocycles. The van der Waals surface area contributed by atoms with Crippen molar-refractivity contribution < 1.29 is 33.0 Å². The van der Waals surface area contributed by atoms with Crippen LogP contribution in [0.4, 0.5) is 8.78 Å². The fourth-order valence-electron chi connectivity index (χ4n) is 2.49. The van der Waals surface area contributed by atoms with Crippen LogP contribution >= 0.6 is 0 Å². The van der Waals surface area contributed by atoms with Crippen LogP contribution in [0.15, 0.2) is 36.4 Å². The molecule has 0 saturated heterocycles. The number of carbonyl (C=O) groups excluding carboxylic acids is 1. The van der Waals surface area contributed by atoms with Crippen molar-refractivity contribution in [2.24, 2.45) is 0 Å². The van der Waals surface area contributed by atoms with Crippen molar-refractivity contribution >= 4 is 11.9 Å². The van der Waals surface area contributed by atoms with E-state index < -0.39 is 23.5 Å². The third-order valence-electron chi connectivity index (χ3n) is 3.88. The molecule has 144 valence electrons. The summed E-state index contributed by atoms with van der Waals surface area (Å²) in [7, 11) is 2.84. The number of aliphatic carboxylic acids is 1. The maximum absolute atomic E-state index is 13.5. The zero-order valence-corrected chi connectivity index (χ0v) is 14.9. The van der Waals surface area contributed by atoms with Gasteiger partial charge < -0.3 is 19.5 Å². The van der Waals surface area contributed by atoms with E-state index in [1.54, 1.807) is 12.1 Å². The minimum absolute atomic E-state index is 0.0936. The first-order valence-electron chi connectivity index (χ1n) is 8.02. The minimum atomic E-state index is -1.09. The molecule has 1 N–H and O–H groups in total. The minimum Gasteiger partial charge on any atom is -0.497 e. The molecule has 0 unspecified atom stereocenters. The number of benzene rings is 2. The Morgan fingerprint density at radius 1 is 1.04 bits per heavy atom. The Balaban J connectivity index is 2.36. The summed E-state index contributed by atoms with van der Waals surface area (Å²) in [6, 6.07) is 7.91. The number of hydrogen-bond donors (Lipinski definition) is 1. The van der Waals surface area contributed by atoms with Crippen LogP contribution in [-0.4, -0.2) is 42.6 Å². The molecule has 0 saturated carbocycles. The number of nitrogens with zero attached hydrogens (tertiary/aromatic N) is 1. The second kappa shape index (κ2) is 8.98. The van der Waals surface area contributed by atoms with E-state index >= 15 is 0 Å². The summed E-state index contributed by atoms with van der Waals surface area (Å²) < 4.78 is 36.9. The number of carboxylic acid groups (broad SMARTS) is 1. The number of hydrogen-bond acceptors (Lipinski definition) is 4. The summed E-state index contributed by atoms with van der Waals surface area (Å²) in [5, 5.41) is 8.95. The molecule has 0 spiro atoms. The number of ether oxygens (including phenoxy) is 2. The van der Waals surface area contributed by atoms with E-state index in [1.165, 1.54) is 31.3 Å². The molecule has 8 heteroatoms. The smallest absolute Gasteiger partial charge is 0.305 e. The lowest BCUT2D eigenvalue weighted by molar-refractivity contribution is -0.137. The topological polar surface area (TPSA) is 76.1 Å². The van der Waals surface area contributed by atoms with Crippen LogP contribution in [0.25, 0.3) is 0 Å². The highest BCUT2D eigenvalue weighted by atomic mass is 19.2. The van der Waals surface area contributed by atoms with Crippen LogP contribution in [0.2, 0.25) is 0 Å². The van der Waals surface area contributed by atoms with Gasteiger partial charge in [0.15, 0.2) is 11.6 Å². The summed E-state index contributed by atoms with van der Waals surface area (Å²) in [6.45, 7) is -0.211. The van der Waals surface area contributed by atoms with Crippen LogP contribution in [0.3, 0.4) is 0 Å². The Morgan fingerprint density at radius 3 is 2.37 bits per heavy atom. The standard InChI is InChI=1S/C19H19F2NO5/c1-26-13-4-6-17(27-2)14(10-13)19(25)22(8-7-18(23)24)11-12-3-5-15(20)16(21)9-12/h3-6,9-10H,7-8,11H2,1-2H3,(H,23,24). The quantitative estimate of drug-likeness (QED) is 0.763. The first-order chi connectivity index (χ1) is 12.8. The van der Waals surface area contributed by atoms with E-state index in [0.717, 1.165) is 12.1 Å². The fourth-order valence-corrected chi connectivity index (χ4v) is 2.49. The number of carbonyl (C=O) groups is 2. The Morgan fingerprint density at radius 2 is 1.78 bits per heavy atom. The Hall–Kier alpha value is -3.16. The van der Waals surface area contributed by atoms with Crippen molar-refractivity contribution in [2.75, 3.05) is 20.8 Å². The molecule has 6 nitrogen and oxygen atoms in total. The van der Waals surface area contributed by atoms with Gasteiger partial charge in [-0.05, 0) is 35.9 Å². The van der Waals surface area contributed by atoms with Gasteiger partial charge in [-0.2, -0.15) is 0 Å². The zero-order chi connectivity index (χ0) is 20.0. The molecule has 0 bridgehead atoms. The normalized spacial score (nSPS) is 10.4. The van der Waals surface area contributed by atoms with Gasteiger partial charge in [0.1, 0.15) is 11.5 Å². The Labute approximate surface area is 154 Å². The van der Waals surface area contributed by atoms with E-state index in [9.17, 15) is 18.4 Å². The average molecular weight is 379 g/mol. The molecule has 0 fully saturated rings. The lowest BCUT2D eigenvalue weighted by Gasteiger charge is -2.23. The molecular weight excluding hydrogens is 360 g/mol. The van der Waals surface area contributed by atoms with Gasteiger partial charge in [0.05, 0.1) is 26.2 Å². The second-order valence-electron chi connectivity index (χ2n) is 5.69. The van der Waals surface area contributed by atoms with Gasteiger partial charge in [0, 0.05) is 13.1 Å². The van der Waals surface area contributed by atoms with Crippen molar-refractivity contribution in [3.05, 3.63) is 59.2 Å². The van der Waals surface area contributed by atoms with Gasteiger partial charge in [0.25, 0.3) is 5.91 Å². The zero-order valence-electron chi connectivity index (χ0n) is 14.9. The third-order valence-corrected chi connectivity index (χ3v) is 3.88. The van der Waals surface area contributed by atoms with Gasteiger partial charge in [-0.3, -0.25) is 9.59 Å². The summed E-state index contributed by atoms with van der Waals surface area (Å²) in [5.41, 5.74) is 0.499. The first-order valence-corrected chi connectivity index (χ1v) is 8.02. The molecular formula is C19H19F2NO5. The molecule has 27 heavy (non-hydrogen) atoms. The number of rotatable bonds is 8. The highest BCUT2D eigenvalue weighted by molar-refractivity contribution is 5.97. The molecule has 1 amide bonds. The maximum Gasteiger partial charge on any atom is 0.305 e. The molecule has 0 heterocycles. The Kier molecular flexibility index (Phi) is 6.70. The number of methoxy groups -OCH3 is 2. The van der Waals surface area contributed by atoms with Gasteiger partial charge in [-0.25, -0.2) is 8.78 Å². The number of halogens is 2.